The molecule has 0 atom stereocenters. The van der Waals surface area contributed by atoms with Crippen LogP contribution in [0.5, 0.6) is 5.75 Å². The molecule has 7 nitrogen and oxygen atoms in total. The number of fused-ring (bicyclic) bond motifs is 3. The van der Waals surface area contributed by atoms with Crippen molar-refractivity contribution < 1.29 is 13.2 Å². The Hall–Kier alpha value is -3.36. The highest BCUT2D eigenvalue weighted by Crippen LogP contribution is 2.25. The minimum atomic E-state index is -3.71. The Balaban J connectivity index is 1.50. The van der Waals surface area contributed by atoms with Crippen LogP contribution < -0.4 is 4.74 Å². The fourth-order valence-electron chi connectivity index (χ4n) is 3.70. The van der Waals surface area contributed by atoms with Gasteiger partial charge in [0.15, 0.2) is 0 Å². The van der Waals surface area contributed by atoms with Gasteiger partial charge in [0.05, 0.1) is 23.3 Å². The van der Waals surface area contributed by atoms with Crippen molar-refractivity contribution >= 4 is 38.2 Å². The van der Waals surface area contributed by atoms with E-state index < -0.39 is 9.84 Å². The molecule has 0 saturated heterocycles. The number of ether oxygens (including phenoxy) is 1. The van der Waals surface area contributed by atoms with Crippen LogP contribution in [0.1, 0.15) is 5.56 Å². The molecule has 9 heteroatoms. The van der Waals surface area contributed by atoms with Gasteiger partial charge in [0.2, 0.25) is 15.6 Å². The number of sulfone groups is 1. The van der Waals surface area contributed by atoms with Crippen molar-refractivity contribution in [3.63, 3.8) is 0 Å². The number of halogens is 1. The lowest BCUT2D eigenvalue weighted by atomic mass is 10.2. The number of hydrogen-bond acceptors (Lipinski definition) is 5. The lowest BCUT2D eigenvalue weighted by molar-refractivity contribution is 0.301. The van der Waals surface area contributed by atoms with Gasteiger partial charge in [-0.1, -0.05) is 54.1 Å². The number of imidazole rings is 1. The molecule has 0 aliphatic carbocycles. The van der Waals surface area contributed by atoms with Crippen molar-refractivity contribution in [3.05, 3.63) is 89.4 Å². The zero-order valence-electron chi connectivity index (χ0n) is 16.9. The molecule has 162 valence electrons. The van der Waals surface area contributed by atoms with Crippen molar-refractivity contribution in [3.8, 4) is 5.75 Å². The molecule has 0 radical (unpaired) electrons. The number of rotatable bonds is 7. The van der Waals surface area contributed by atoms with Gasteiger partial charge in [0, 0.05) is 5.02 Å². The standard InChI is InChI=1S/C23H19ClN4O3S/c24-18-10-12-19(13-11-18)31-15-14-27-20-8-4-5-9-21(20)28-22(27)25-26-23(28)32(29,30)16-17-6-2-1-3-7-17/h1-13H,14-16H2. The number of aromatic nitrogens is 4. The van der Waals surface area contributed by atoms with E-state index in [2.05, 4.69) is 10.2 Å². The first kappa shape index (κ1) is 20.5. The van der Waals surface area contributed by atoms with E-state index in [0.29, 0.717) is 35.3 Å². The third kappa shape index (κ3) is 3.83. The summed E-state index contributed by atoms with van der Waals surface area (Å²) in [6.07, 6.45) is 0. The fraction of sp³-hybridized carbons (Fsp3) is 0.130. The third-order valence-electron chi connectivity index (χ3n) is 5.15. The summed E-state index contributed by atoms with van der Waals surface area (Å²) >= 11 is 5.92. The first-order valence-electron chi connectivity index (χ1n) is 10.0. The van der Waals surface area contributed by atoms with Crippen molar-refractivity contribution in [2.75, 3.05) is 6.61 Å². The first-order chi connectivity index (χ1) is 15.5. The predicted molar refractivity (Wildman–Crippen MR) is 123 cm³/mol. The molecule has 5 aromatic rings. The molecule has 0 aliphatic rings. The number of hydrogen-bond donors (Lipinski definition) is 0. The highest BCUT2D eigenvalue weighted by Gasteiger charge is 2.26. The Labute approximate surface area is 189 Å². The number of para-hydroxylation sites is 2. The summed E-state index contributed by atoms with van der Waals surface area (Å²) < 4.78 is 35.7. The highest BCUT2D eigenvalue weighted by molar-refractivity contribution is 7.90. The lowest BCUT2D eigenvalue weighted by Gasteiger charge is -2.08. The molecular formula is C23H19ClN4O3S. The summed E-state index contributed by atoms with van der Waals surface area (Å²) in [6.45, 7) is 0.839. The van der Waals surface area contributed by atoms with E-state index >= 15 is 0 Å². The Kier molecular flexibility index (Phi) is 5.32. The van der Waals surface area contributed by atoms with Gasteiger partial charge < -0.3 is 9.30 Å². The molecule has 0 spiro atoms. The average molecular weight is 467 g/mol. The van der Waals surface area contributed by atoms with Crippen molar-refractivity contribution in [1.82, 2.24) is 19.2 Å². The van der Waals surface area contributed by atoms with Crippen LogP contribution in [0.4, 0.5) is 0 Å². The normalized spacial score (nSPS) is 11.9. The molecule has 0 N–H and O–H groups in total. The van der Waals surface area contributed by atoms with Crippen LogP contribution >= 0.6 is 11.6 Å². The van der Waals surface area contributed by atoms with E-state index in [1.165, 1.54) is 0 Å². The van der Waals surface area contributed by atoms with Crippen LogP contribution in [0.25, 0.3) is 16.8 Å². The fourth-order valence-corrected chi connectivity index (χ4v) is 5.21. The van der Waals surface area contributed by atoms with Gasteiger partial charge >= 0.3 is 0 Å². The smallest absolute Gasteiger partial charge is 0.256 e. The van der Waals surface area contributed by atoms with E-state index in [0.717, 1.165) is 11.0 Å². The van der Waals surface area contributed by atoms with E-state index in [1.807, 2.05) is 47.0 Å². The largest absolute Gasteiger partial charge is 0.492 e. The predicted octanol–water partition coefficient (Wildman–Crippen LogP) is 4.39. The van der Waals surface area contributed by atoms with Gasteiger partial charge in [-0.15, -0.1) is 10.2 Å². The molecule has 5 rings (SSSR count). The van der Waals surface area contributed by atoms with Crippen LogP contribution in [0.3, 0.4) is 0 Å². The second-order valence-corrected chi connectivity index (χ2v) is 9.63. The number of benzene rings is 3. The third-order valence-corrected chi connectivity index (χ3v) is 6.93. The molecule has 3 aromatic carbocycles. The topological polar surface area (TPSA) is 78.5 Å². The molecule has 0 aliphatic heterocycles. The van der Waals surface area contributed by atoms with E-state index in [4.69, 9.17) is 16.3 Å². The minimum Gasteiger partial charge on any atom is -0.492 e. The molecule has 0 unspecified atom stereocenters. The summed E-state index contributed by atoms with van der Waals surface area (Å²) in [5.74, 6) is 1.01. The van der Waals surface area contributed by atoms with Gasteiger partial charge in [-0.05, 0) is 42.0 Å². The summed E-state index contributed by atoms with van der Waals surface area (Å²) in [4.78, 5) is 0. The highest BCUT2D eigenvalue weighted by atomic mass is 35.5. The Bertz CT molecular complexity index is 1490. The van der Waals surface area contributed by atoms with Gasteiger partial charge in [0.1, 0.15) is 12.4 Å². The quantitative estimate of drug-likeness (QED) is 0.355. The molecule has 0 amide bonds. The molecular weight excluding hydrogens is 448 g/mol. The van der Waals surface area contributed by atoms with Crippen LogP contribution in [0.2, 0.25) is 5.02 Å². The molecule has 0 saturated carbocycles. The number of nitrogens with zero attached hydrogens (tertiary/aromatic N) is 4. The molecule has 0 fully saturated rings. The van der Waals surface area contributed by atoms with Gasteiger partial charge in [-0.25, -0.2) is 12.8 Å². The summed E-state index contributed by atoms with van der Waals surface area (Å²) in [6, 6.07) is 23.8. The van der Waals surface area contributed by atoms with Gasteiger partial charge in [-0.2, -0.15) is 0 Å². The molecule has 2 heterocycles. The first-order valence-corrected chi connectivity index (χ1v) is 12.0. The molecule has 32 heavy (non-hydrogen) atoms. The van der Waals surface area contributed by atoms with Crippen molar-refractivity contribution in [2.45, 2.75) is 17.5 Å². The maximum atomic E-state index is 13.2. The summed E-state index contributed by atoms with van der Waals surface area (Å²) in [7, 11) is -3.71. The summed E-state index contributed by atoms with van der Waals surface area (Å²) in [5.41, 5.74) is 2.28. The second-order valence-electron chi connectivity index (χ2n) is 7.31. The lowest BCUT2D eigenvalue weighted by Crippen LogP contribution is -2.09. The molecule has 2 aromatic heterocycles. The monoisotopic (exact) mass is 466 g/mol. The van der Waals surface area contributed by atoms with E-state index in [1.54, 1.807) is 40.8 Å². The second kappa shape index (κ2) is 8.29. The van der Waals surface area contributed by atoms with Crippen LogP contribution in [0.15, 0.2) is 84.0 Å². The van der Waals surface area contributed by atoms with Crippen molar-refractivity contribution in [1.29, 1.82) is 0 Å². The summed E-state index contributed by atoms with van der Waals surface area (Å²) in [5, 5.41) is 8.86. The van der Waals surface area contributed by atoms with Crippen LogP contribution in [-0.4, -0.2) is 34.2 Å². The SMILES string of the molecule is O=S(=O)(Cc1ccccc1)c1nnc2n(CCOc3ccc(Cl)cc3)c3ccccc3n12. The Morgan fingerprint density at radius 3 is 2.28 bits per heavy atom. The van der Waals surface area contributed by atoms with Crippen LogP contribution in [0, 0.1) is 0 Å². The van der Waals surface area contributed by atoms with Crippen LogP contribution in [-0.2, 0) is 22.1 Å². The molecule has 0 bridgehead atoms. The van der Waals surface area contributed by atoms with Crippen molar-refractivity contribution in [2.24, 2.45) is 0 Å². The Morgan fingerprint density at radius 2 is 1.53 bits per heavy atom. The maximum Gasteiger partial charge on any atom is 0.256 e. The maximum absolute atomic E-state index is 13.2. The zero-order valence-corrected chi connectivity index (χ0v) is 18.5. The van der Waals surface area contributed by atoms with E-state index in [9.17, 15) is 8.42 Å². The van der Waals surface area contributed by atoms with Gasteiger partial charge in [0.25, 0.3) is 5.16 Å². The average Bonchev–Trinajstić information content (AvgIpc) is 3.35. The Morgan fingerprint density at radius 1 is 0.844 bits per heavy atom. The van der Waals surface area contributed by atoms with Gasteiger partial charge in [-0.3, -0.25) is 0 Å². The zero-order chi connectivity index (χ0) is 22.1. The van der Waals surface area contributed by atoms with E-state index in [-0.39, 0.29) is 10.9 Å². The minimum absolute atomic E-state index is 0.0649.